The smallest absolute Gasteiger partial charge is 0.243 e. The number of aliphatic hydroxyl groups excluding tert-OH is 1. The first kappa shape index (κ1) is 29.0. The maximum absolute atomic E-state index is 13.6. The van der Waals surface area contributed by atoms with Gasteiger partial charge in [-0.25, -0.2) is 0 Å². The minimum absolute atomic E-state index is 0.105. The largest absolute Gasteiger partial charge is 0.497 e. The Kier molecular flexibility index (Phi) is 8.91. The third kappa shape index (κ3) is 6.55. The maximum Gasteiger partial charge on any atom is 0.243 e. The monoisotopic (exact) mass is 562 g/mol. The third-order valence-electron chi connectivity index (χ3n) is 8.57. The number of hydrogen-bond donors (Lipinski definition) is 3. The Morgan fingerprint density at radius 3 is 2.56 bits per heavy atom. The summed E-state index contributed by atoms with van der Waals surface area (Å²) in [5.41, 5.74) is 10.4. The highest BCUT2D eigenvalue weighted by Gasteiger charge is 2.41. The van der Waals surface area contributed by atoms with Crippen molar-refractivity contribution >= 4 is 22.7 Å². The zero-order chi connectivity index (χ0) is 29.1. The topological polar surface area (TPSA) is 126 Å². The van der Waals surface area contributed by atoms with Crippen LogP contribution in [0.3, 0.4) is 0 Å². The van der Waals surface area contributed by atoms with E-state index in [0.717, 1.165) is 65.8 Å². The minimum atomic E-state index is -0.878. The number of aryl methyl sites for hydroxylation is 2. The summed E-state index contributed by atoms with van der Waals surface area (Å²) in [5.74, 6) is 0.420. The molecular formula is C31H42N6O4. The predicted molar refractivity (Wildman–Crippen MR) is 157 cm³/mol. The highest BCUT2D eigenvalue weighted by atomic mass is 16.5. The van der Waals surface area contributed by atoms with Crippen molar-refractivity contribution in [3.63, 3.8) is 0 Å². The van der Waals surface area contributed by atoms with Crippen LogP contribution in [-0.2, 0) is 29.6 Å². The van der Waals surface area contributed by atoms with Crippen LogP contribution in [0.25, 0.3) is 10.9 Å². The van der Waals surface area contributed by atoms with Gasteiger partial charge in [-0.05, 0) is 73.9 Å². The summed E-state index contributed by atoms with van der Waals surface area (Å²) < 4.78 is 7.13. The van der Waals surface area contributed by atoms with E-state index in [1.807, 2.05) is 60.0 Å². The van der Waals surface area contributed by atoms with Crippen molar-refractivity contribution < 1.29 is 19.4 Å². The lowest BCUT2D eigenvalue weighted by molar-refractivity contribution is -0.140. The molecule has 0 radical (unpaired) electrons. The molecule has 41 heavy (non-hydrogen) atoms. The van der Waals surface area contributed by atoms with E-state index in [-0.39, 0.29) is 24.2 Å². The molecule has 0 bridgehead atoms. The van der Waals surface area contributed by atoms with Gasteiger partial charge in [-0.1, -0.05) is 18.2 Å². The Balaban J connectivity index is 1.28. The molecule has 3 heterocycles. The van der Waals surface area contributed by atoms with Crippen molar-refractivity contribution in [3.05, 3.63) is 59.3 Å². The molecule has 3 aromatic rings. The molecule has 0 saturated carbocycles. The standard InChI is InChI=1S/C31H42N6O4/c1-20-25-15-22(8-11-27(25)35(2)34-20)18-33-30(39)28-16-23(14-21-6-9-24(41-3)10-7-21)19-37(28)31(40)26(32)17-29(38)36-12-4-5-13-36/h6-11,15,23,26,28-29,38H,4-5,12-14,16-19,32H2,1-3H3,(H,33,39). The van der Waals surface area contributed by atoms with E-state index in [1.54, 1.807) is 12.0 Å². The molecule has 1 aromatic heterocycles. The van der Waals surface area contributed by atoms with E-state index < -0.39 is 18.3 Å². The average Bonchev–Trinajstić information content (AvgIpc) is 3.72. The van der Waals surface area contributed by atoms with Crippen LogP contribution in [0.5, 0.6) is 5.75 Å². The van der Waals surface area contributed by atoms with Crippen molar-refractivity contribution in [1.29, 1.82) is 0 Å². The number of ether oxygens (including phenoxy) is 1. The molecule has 2 amide bonds. The molecule has 2 fully saturated rings. The van der Waals surface area contributed by atoms with E-state index in [1.165, 1.54) is 0 Å². The molecule has 2 aromatic carbocycles. The number of carbonyl (C=O) groups excluding carboxylic acids is 2. The molecular weight excluding hydrogens is 520 g/mol. The Labute approximate surface area is 241 Å². The van der Waals surface area contributed by atoms with E-state index in [9.17, 15) is 14.7 Å². The number of aliphatic hydroxyl groups is 1. The molecule has 10 nitrogen and oxygen atoms in total. The van der Waals surface area contributed by atoms with Gasteiger partial charge in [0.05, 0.1) is 24.4 Å². The van der Waals surface area contributed by atoms with Gasteiger partial charge in [-0.3, -0.25) is 19.2 Å². The summed E-state index contributed by atoms with van der Waals surface area (Å²) in [7, 11) is 3.55. The van der Waals surface area contributed by atoms with Crippen LogP contribution in [0.15, 0.2) is 42.5 Å². The molecule has 4 N–H and O–H groups in total. The van der Waals surface area contributed by atoms with Crippen LogP contribution in [0.2, 0.25) is 0 Å². The number of amides is 2. The first-order chi connectivity index (χ1) is 19.7. The number of benzene rings is 2. The fraction of sp³-hybridized carbons (Fsp3) is 0.516. The second-order valence-electron chi connectivity index (χ2n) is 11.5. The number of methoxy groups -OCH3 is 1. The van der Waals surface area contributed by atoms with Crippen LogP contribution in [-0.4, -0.2) is 81.6 Å². The van der Waals surface area contributed by atoms with Gasteiger partial charge in [-0.2, -0.15) is 5.10 Å². The van der Waals surface area contributed by atoms with E-state index in [0.29, 0.717) is 19.5 Å². The summed E-state index contributed by atoms with van der Waals surface area (Å²) >= 11 is 0. The van der Waals surface area contributed by atoms with Crippen molar-refractivity contribution in [2.45, 2.75) is 63.9 Å². The Morgan fingerprint density at radius 1 is 1.15 bits per heavy atom. The SMILES string of the molecule is COc1ccc(CC2CC(C(=O)NCc3ccc4c(c3)c(C)nn4C)N(C(=O)C(N)CC(O)N3CCCC3)C2)cc1. The maximum atomic E-state index is 13.6. The third-order valence-corrected chi connectivity index (χ3v) is 8.57. The fourth-order valence-electron chi connectivity index (χ4n) is 6.29. The van der Waals surface area contributed by atoms with E-state index in [4.69, 9.17) is 10.5 Å². The number of nitrogens with zero attached hydrogens (tertiary/aromatic N) is 4. The van der Waals surface area contributed by atoms with Gasteiger partial charge in [0.1, 0.15) is 18.0 Å². The minimum Gasteiger partial charge on any atom is -0.497 e. The lowest BCUT2D eigenvalue weighted by Crippen LogP contribution is -2.52. The fourth-order valence-corrected chi connectivity index (χ4v) is 6.29. The number of fused-ring (bicyclic) bond motifs is 1. The van der Waals surface area contributed by atoms with Crippen LogP contribution < -0.4 is 15.8 Å². The van der Waals surface area contributed by atoms with Crippen LogP contribution in [0.1, 0.15) is 42.5 Å². The number of hydrogen-bond acceptors (Lipinski definition) is 7. The first-order valence-electron chi connectivity index (χ1n) is 14.5. The van der Waals surface area contributed by atoms with E-state index in [2.05, 4.69) is 16.5 Å². The van der Waals surface area contributed by atoms with Crippen molar-refractivity contribution in [1.82, 2.24) is 24.9 Å². The van der Waals surface area contributed by atoms with Crippen molar-refractivity contribution in [3.8, 4) is 5.75 Å². The normalized spacial score (nSPS) is 20.9. The molecule has 0 spiro atoms. The van der Waals surface area contributed by atoms with Gasteiger partial charge in [0.2, 0.25) is 11.8 Å². The van der Waals surface area contributed by atoms with Gasteiger partial charge in [0.25, 0.3) is 0 Å². The highest BCUT2D eigenvalue weighted by molar-refractivity contribution is 5.90. The zero-order valence-corrected chi connectivity index (χ0v) is 24.3. The molecule has 220 valence electrons. The van der Waals surface area contributed by atoms with Crippen LogP contribution in [0, 0.1) is 12.8 Å². The average molecular weight is 563 g/mol. The Morgan fingerprint density at radius 2 is 1.85 bits per heavy atom. The summed E-state index contributed by atoms with van der Waals surface area (Å²) in [6.07, 6.45) is 2.75. The highest BCUT2D eigenvalue weighted by Crippen LogP contribution is 2.29. The summed E-state index contributed by atoms with van der Waals surface area (Å²) in [5, 5.41) is 19.3. The van der Waals surface area contributed by atoms with Crippen molar-refractivity contribution in [2.75, 3.05) is 26.7 Å². The number of nitrogens with two attached hydrogens (primary N) is 1. The molecule has 10 heteroatoms. The summed E-state index contributed by atoms with van der Waals surface area (Å²) in [4.78, 5) is 30.8. The molecule has 2 saturated heterocycles. The molecule has 4 atom stereocenters. The zero-order valence-electron chi connectivity index (χ0n) is 24.3. The summed E-state index contributed by atoms with van der Waals surface area (Å²) in [6.45, 7) is 4.39. The molecule has 0 aliphatic carbocycles. The van der Waals surface area contributed by atoms with Gasteiger partial charge in [0, 0.05) is 45.0 Å². The lowest BCUT2D eigenvalue weighted by atomic mass is 9.96. The second kappa shape index (κ2) is 12.6. The molecule has 5 rings (SSSR count). The van der Waals surface area contributed by atoms with Gasteiger partial charge in [-0.15, -0.1) is 0 Å². The lowest BCUT2D eigenvalue weighted by Gasteiger charge is -2.29. The molecule has 4 unspecified atom stereocenters. The Bertz CT molecular complexity index is 1370. The molecule has 2 aliphatic heterocycles. The van der Waals surface area contributed by atoms with E-state index >= 15 is 0 Å². The summed E-state index contributed by atoms with van der Waals surface area (Å²) in [6, 6.07) is 12.4. The number of rotatable bonds is 10. The van der Waals surface area contributed by atoms with Crippen LogP contribution >= 0.6 is 0 Å². The van der Waals surface area contributed by atoms with Gasteiger partial charge >= 0.3 is 0 Å². The number of nitrogens with one attached hydrogen (secondary N) is 1. The van der Waals surface area contributed by atoms with Gasteiger partial charge in [0.15, 0.2) is 0 Å². The Hall–Kier alpha value is -3.47. The predicted octanol–water partition coefficient (Wildman–Crippen LogP) is 2.10. The van der Waals surface area contributed by atoms with Crippen LogP contribution in [0.4, 0.5) is 0 Å². The quantitative estimate of drug-likeness (QED) is 0.346. The van der Waals surface area contributed by atoms with Crippen molar-refractivity contribution in [2.24, 2.45) is 18.7 Å². The number of aromatic nitrogens is 2. The second-order valence-corrected chi connectivity index (χ2v) is 11.5. The molecule has 2 aliphatic rings. The first-order valence-corrected chi connectivity index (χ1v) is 14.5. The van der Waals surface area contributed by atoms with Gasteiger partial charge < -0.3 is 25.8 Å². The number of carbonyl (C=O) groups is 2. The number of likely N-dealkylation sites (tertiary alicyclic amines) is 2.